The largest absolute Gasteiger partial charge is 0.378 e. The maximum atomic E-state index is 13.1. The number of benzene rings is 2. The number of hydrogen-bond acceptors (Lipinski definition) is 2. The van der Waals surface area contributed by atoms with Crippen LogP contribution in [0, 0.1) is 5.82 Å². The molecule has 0 radical (unpaired) electrons. The van der Waals surface area contributed by atoms with E-state index in [1.807, 2.05) is 12.1 Å². The number of halogens is 1. The van der Waals surface area contributed by atoms with Gasteiger partial charge < -0.3 is 10.6 Å². The van der Waals surface area contributed by atoms with E-state index in [2.05, 4.69) is 36.6 Å². The number of anilines is 1. The van der Waals surface area contributed by atoms with Crippen molar-refractivity contribution in [3.63, 3.8) is 0 Å². The molecule has 0 bridgehead atoms. The monoisotopic (exact) mass is 312 g/mol. The molecule has 1 aliphatic rings. The molecule has 2 aromatic carbocycles. The van der Waals surface area contributed by atoms with Crippen LogP contribution in [-0.4, -0.2) is 13.1 Å². The van der Waals surface area contributed by atoms with Crippen molar-refractivity contribution in [3.05, 3.63) is 64.5 Å². The molecule has 3 rings (SSSR count). The molecule has 23 heavy (non-hydrogen) atoms. The Hall–Kier alpha value is -1.87. The highest BCUT2D eigenvalue weighted by Gasteiger charge is 2.17. The van der Waals surface area contributed by atoms with Gasteiger partial charge in [0.1, 0.15) is 5.82 Å². The molecule has 0 spiro atoms. The molecule has 2 N–H and O–H groups in total. The van der Waals surface area contributed by atoms with Gasteiger partial charge in [0.05, 0.1) is 0 Å². The van der Waals surface area contributed by atoms with Crippen LogP contribution in [0.2, 0.25) is 0 Å². The third-order valence-electron chi connectivity index (χ3n) is 4.73. The van der Waals surface area contributed by atoms with E-state index in [0.29, 0.717) is 0 Å². The second-order valence-corrected chi connectivity index (χ2v) is 6.26. The molecule has 0 amide bonds. The molecule has 2 nitrogen and oxygen atoms in total. The summed E-state index contributed by atoms with van der Waals surface area (Å²) in [5.41, 5.74) is 6.65. The smallest absolute Gasteiger partial charge is 0.123 e. The maximum absolute atomic E-state index is 13.1. The van der Waals surface area contributed by atoms with Gasteiger partial charge in [-0.1, -0.05) is 31.2 Å². The lowest BCUT2D eigenvalue weighted by Crippen LogP contribution is -2.16. The summed E-state index contributed by atoms with van der Waals surface area (Å²) in [4.78, 5) is 0. The maximum Gasteiger partial charge on any atom is 0.123 e. The van der Waals surface area contributed by atoms with Crippen molar-refractivity contribution < 1.29 is 4.39 Å². The van der Waals surface area contributed by atoms with Crippen molar-refractivity contribution in [2.75, 3.05) is 18.4 Å². The third kappa shape index (κ3) is 3.56. The summed E-state index contributed by atoms with van der Waals surface area (Å²) in [7, 11) is 0. The molecular formula is C20H25FN2. The lowest BCUT2D eigenvalue weighted by Gasteiger charge is -2.23. The lowest BCUT2D eigenvalue weighted by molar-refractivity contribution is 0.626. The predicted octanol–water partition coefficient (Wildman–Crippen LogP) is 4.25. The third-order valence-corrected chi connectivity index (χ3v) is 4.73. The first-order valence-electron chi connectivity index (χ1n) is 8.55. The molecule has 1 aliphatic heterocycles. The Bertz CT molecular complexity index is 664. The fraction of sp³-hybridized carbons (Fsp3) is 0.400. The van der Waals surface area contributed by atoms with Crippen LogP contribution in [0.4, 0.5) is 10.1 Å². The molecular weight excluding hydrogens is 287 g/mol. The zero-order chi connectivity index (χ0) is 16.2. The molecule has 3 heteroatoms. The molecule has 0 unspecified atom stereocenters. The Balaban J connectivity index is 1.93. The Morgan fingerprint density at radius 1 is 1.09 bits per heavy atom. The standard InChI is InChI=1S/C20H25FN2/c1-3-15-4-5-17-10-12-22-13-11-19(17)20(15)23-14(2)16-6-8-18(21)9-7-16/h4-9,14,22-23H,3,10-13H2,1-2H3/t14-/m0/s1. The van der Waals surface area contributed by atoms with Gasteiger partial charge in [-0.15, -0.1) is 0 Å². The van der Waals surface area contributed by atoms with Gasteiger partial charge in [0, 0.05) is 11.7 Å². The Labute approximate surface area is 138 Å². The molecule has 0 aromatic heterocycles. The number of nitrogens with one attached hydrogen (secondary N) is 2. The van der Waals surface area contributed by atoms with Crippen LogP contribution in [0.3, 0.4) is 0 Å². The van der Waals surface area contributed by atoms with Crippen LogP contribution in [0.15, 0.2) is 36.4 Å². The van der Waals surface area contributed by atoms with E-state index in [1.54, 1.807) is 0 Å². The van der Waals surface area contributed by atoms with Gasteiger partial charge in [-0.3, -0.25) is 0 Å². The van der Waals surface area contributed by atoms with Crippen molar-refractivity contribution in [2.45, 2.75) is 39.2 Å². The van der Waals surface area contributed by atoms with Gasteiger partial charge >= 0.3 is 0 Å². The summed E-state index contributed by atoms with van der Waals surface area (Å²) in [5.74, 6) is -0.185. The van der Waals surface area contributed by atoms with Gasteiger partial charge in [0.2, 0.25) is 0 Å². The van der Waals surface area contributed by atoms with E-state index in [4.69, 9.17) is 0 Å². The average molecular weight is 312 g/mol. The van der Waals surface area contributed by atoms with E-state index < -0.39 is 0 Å². The van der Waals surface area contributed by atoms with Gasteiger partial charge in [0.15, 0.2) is 0 Å². The molecule has 1 atom stereocenters. The summed E-state index contributed by atoms with van der Waals surface area (Å²) in [6, 6.07) is 11.5. The van der Waals surface area contributed by atoms with Crippen LogP contribution in [0.5, 0.6) is 0 Å². The van der Waals surface area contributed by atoms with Crippen LogP contribution < -0.4 is 10.6 Å². The molecule has 0 saturated heterocycles. The first kappa shape index (κ1) is 16.0. The lowest BCUT2D eigenvalue weighted by atomic mass is 9.95. The molecule has 2 aromatic rings. The summed E-state index contributed by atoms with van der Waals surface area (Å²) < 4.78 is 13.1. The van der Waals surface area contributed by atoms with E-state index in [1.165, 1.54) is 34.5 Å². The highest BCUT2D eigenvalue weighted by atomic mass is 19.1. The Morgan fingerprint density at radius 3 is 2.57 bits per heavy atom. The van der Waals surface area contributed by atoms with Crippen LogP contribution in [0.25, 0.3) is 0 Å². The second-order valence-electron chi connectivity index (χ2n) is 6.26. The molecule has 0 fully saturated rings. The van der Waals surface area contributed by atoms with Crippen molar-refractivity contribution >= 4 is 5.69 Å². The second kappa shape index (κ2) is 7.14. The molecule has 0 aliphatic carbocycles. The number of rotatable bonds is 4. The van der Waals surface area contributed by atoms with Crippen molar-refractivity contribution in [3.8, 4) is 0 Å². The van der Waals surface area contributed by atoms with Crippen molar-refractivity contribution in [1.29, 1.82) is 0 Å². The highest BCUT2D eigenvalue weighted by molar-refractivity contribution is 5.62. The fourth-order valence-electron chi connectivity index (χ4n) is 3.35. The number of fused-ring (bicyclic) bond motifs is 1. The van der Waals surface area contributed by atoms with Gasteiger partial charge in [0.25, 0.3) is 0 Å². The summed E-state index contributed by atoms with van der Waals surface area (Å²) in [6.45, 7) is 6.41. The van der Waals surface area contributed by atoms with Gasteiger partial charge in [-0.05, 0) is 73.7 Å². The Kier molecular flexibility index (Phi) is 4.97. The van der Waals surface area contributed by atoms with Crippen LogP contribution >= 0.6 is 0 Å². The minimum Gasteiger partial charge on any atom is -0.378 e. The quantitative estimate of drug-likeness (QED) is 0.882. The number of aryl methyl sites for hydroxylation is 1. The first-order chi connectivity index (χ1) is 11.2. The van der Waals surface area contributed by atoms with Crippen LogP contribution in [0.1, 0.15) is 42.1 Å². The SMILES string of the molecule is CCc1ccc2c(c1N[C@@H](C)c1ccc(F)cc1)CCNCC2. The first-order valence-corrected chi connectivity index (χ1v) is 8.55. The van der Waals surface area contributed by atoms with E-state index in [-0.39, 0.29) is 11.9 Å². The minimum absolute atomic E-state index is 0.156. The summed E-state index contributed by atoms with van der Waals surface area (Å²) in [6.07, 6.45) is 3.15. The van der Waals surface area contributed by atoms with E-state index >= 15 is 0 Å². The summed E-state index contributed by atoms with van der Waals surface area (Å²) >= 11 is 0. The average Bonchev–Trinajstić information content (AvgIpc) is 2.81. The molecule has 0 saturated carbocycles. The molecule has 1 heterocycles. The minimum atomic E-state index is -0.185. The van der Waals surface area contributed by atoms with E-state index in [0.717, 1.165) is 37.9 Å². The van der Waals surface area contributed by atoms with Crippen molar-refractivity contribution in [2.24, 2.45) is 0 Å². The van der Waals surface area contributed by atoms with E-state index in [9.17, 15) is 4.39 Å². The number of hydrogen-bond donors (Lipinski definition) is 2. The highest BCUT2D eigenvalue weighted by Crippen LogP contribution is 2.31. The summed E-state index contributed by atoms with van der Waals surface area (Å²) in [5, 5.41) is 7.18. The predicted molar refractivity (Wildman–Crippen MR) is 94.5 cm³/mol. The molecule has 122 valence electrons. The zero-order valence-corrected chi connectivity index (χ0v) is 14.0. The van der Waals surface area contributed by atoms with Gasteiger partial charge in [-0.25, -0.2) is 4.39 Å². The van der Waals surface area contributed by atoms with Gasteiger partial charge in [-0.2, -0.15) is 0 Å². The Morgan fingerprint density at radius 2 is 1.83 bits per heavy atom. The van der Waals surface area contributed by atoms with Crippen molar-refractivity contribution in [1.82, 2.24) is 5.32 Å². The topological polar surface area (TPSA) is 24.1 Å². The fourth-order valence-corrected chi connectivity index (χ4v) is 3.35. The zero-order valence-electron chi connectivity index (χ0n) is 14.0. The normalized spacial score (nSPS) is 15.6. The van der Waals surface area contributed by atoms with Crippen LogP contribution in [-0.2, 0) is 19.3 Å².